The van der Waals surface area contributed by atoms with Gasteiger partial charge in [-0.25, -0.2) is 0 Å². The third-order valence-corrected chi connectivity index (χ3v) is 2.89. The Bertz CT molecular complexity index is 630. The number of halogens is 4. The van der Waals surface area contributed by atoms with Crippen molar-refractivity contribution in [3.63, 3.8) is 0 Å². The van der Waals surface area contributed by atoms with Crippen LogP contribution in [0.25, 0.3) is 10.9 Å². The molecule has 2 aromatic rings. The number of hydrogen-bond donors (Lipinski definition) is 0. The van der Waals surface area contributed by atoms with E-state index in [0.717, 1.165) is 0 Å². The van der Waals surface area contributed by atoms with Gasteiger partial charge in [0.2, 0.25) is 0 Å². The highest BCUT2D eigenvalue weighted by Crippen LogP contribution is 2.30. The molecular weight excluding hydrogens is 277 g/mol. The number of rotatable bonds is 4. The van der Waals surface area contributed by atoms with Gasteiger partial charge in [0.05, 0.1) is 11.6 Å². The maximum Gasteiger partial charge on any atom is 0.508 e. The minimum absolute atomic E-state index is 0.251. The van der Waals surface area contributed by atoms with Crippen LogP contribution in [0.2, 0.25) is 5.02 Å². The lowest BCUT2D eigenvalue weighted by Gasteiger charge is -2.18. The molecule has 0 bridgehead atoms. The van der Waals surface area contributed by atoms with Crippen LogP contribution in [0.3, 0.4) is 0 Å². The summed E-state index contributed by atoms with van der Waals surface area (Å²) in [7, 11) is 0. The molecular formula is C12H9BClF3NO-. The minimum atomic E-state index is -5.09. The molecule has 0 aliphatic rings. The smallest absolute Gasteiger partial charge is 0.490 e. The minimum Gasteiger partial charge on any atom is -0.490 e. The summed E-state index contributed by atoms with van der Waals surface area (Å²) in [6.45, 7) is -2.74. The fourth-order valence-electron chi connectivity index (χ4n) is 1.49. The molecule has 7 heteroatoms. The van der Waals surface area contributed by atoms with E-state index in [1.807, 2.05) is 0 Å². The van der Waals surface area contributed by atoms with Crippen molar-refractivity contribution >= 4 is 29.5 Å². The first kappa shape index (κ1) is 13.7. The van der Waals surface area contributed by atoms with E-state index >= 15 is 0 Å². The van der Waals surface area contributed by atoms with Gasteiger partial charge in [-0.15, -0.1) is 12.1 Å². The molecule has 100 valence electrons. The second kappa shape index (κ2) is 5.13. The maximum absolute atomic E-state index is 12.4. The summed E-state index contributed by atoms with van der Waals surface area (Å²) in [6.07, 6.45) is 1.52. The third-order valence-electron chi connectivity index (χ3n) is 2.56. The Hall–Kier alpha value is -1.69. The standard InChI is InChI=1S/C12H9BClF3NO/c1-8(13(15,16)17)7-19-11-5-4-10(14)9-3-2-6-18-12(9)11/h2-6H,1,7H2/q-1. The normalized spacial score (nSPS) is 11.6. The largest absolute Gasteiger partial charge is 0.508 e. The zero-order valence-electron chi connectivity index (χ0n) is 9.75. The van der Waals surface area contributed by atoms with Crippen molar-refractivity contribution in [3.8, 4) is 5.75 Å². The number of hydrogen-bond acceptors (Lipinski definition) is 2. The zero-order chi connectivity index (χ0) is 14.0. The molecule has 1 aromatic carbocycles. The van der Waals surface area contributed by atoms with Gasteiger partial charge < -0.3 is 17.7 Å². The first-order valence-electron chi connectivity index (χ1n) is 5.43. The summed E-state index contributed by atoms with van der Waals surface area (Å²) < 4.78 is 42.3. The second-order valence-corrected chi connectivity index (χ2v) is 4.37. The van der Waals surface area contributed by atoms with Crippen molar-refractivity contribution in [2.24, 2.45) is 0 Å². The van der Waals surface area contributed by atoms with Crippen LogP contribution in [0.4, 0.5) is 12.9 Å². The maximum atomic E-state index is 12.4. The van der Waals surface area contributed by atoms with Gasteiger partial charge in [0.15, 0.2) is 0 Å². The van der Waals surface area contributed by atoms with Gasteiger partial charge >= 0.3 is 6.98 Å². The topological polar surface area (TPSA) is 22.1 Å². The Morgan fingerprint density at radius 3 is 2.74 bits per heavy atom. The number of nitrogens with zero attached hydrogens (tertiary/aromatic N) is 1. The molecule has 0 saturated carbocycles. The summed E-state index contributed by atoms with van der Waals surface area (Å²) in [5.74, 6) is 0.251. The van der Waals surface area contributed by atoms with Gasteiger partial charge in [-0.2, -0.15) is 0 Å². The average molecular weight is 286 g/mol. The molecule has 0 aliphatic heterocycles. The van der Waals surface area contributed by atoms with Crippen LogP contribution in [-0.2, 0) is 0 Å². The van der Waals surface area contributed by atoms with Crippen LogP contribution in [0.15, 0.2) is 42.5 Å². The van der Waals surface area contributed by atoms with E-state index in [0.29, 0.717) is 15.9 Å². The van der Waals surface area contributed by atoms with Crippen molar-refractivity contribution < 1.29 is 17.7 Å². The van der Waals surface area contributed by atoms with Crippen molar-refractivity contribution in [1.82, 2.24) is 4.98 Å². The molecule has 1 heterocycles. The number of pyridine rings is 1. The molecule has 0 N–H and O–H groups in total. The number of benzene rings is 1. The van der Waals surface area contributed by atoms with E-state index < -0.39 is 19.1 Å². The monoisotopic (exact) mass is 286 g/mol. The molecule has 0 spiro atoms. The summed E-state index contributed by atoms with van der Waals surface area (Å²) in [5, 5.41) is 1.10. The number of ether oxygens (including phenoxy) is 1. The van der Waals surface area contributed by atoms with Gasteiger partial charge in [-0.1, -0.05) is 11.6 Å². The molecule has 0 radical (unpaired) electrons. The van der Waals surface area contributed by atoms with Gasteiger partial charge in [0, 0.05) is 11.6 Å². The van der Waals surface area contributed by atoms with Gasteiger partial charge in [0.25, 0.3) is 0 Å². The number of aromatic nitrogens is 1. The van der Waals surface area contributed by atoms with E-state index in [1.54, 1.807) is 18.2 Å². The molecule has 0 aliphatic carbocycles. The van der Waals surface area contributed by atoms with Crippen LogP contribution in [0.5, 0.6) is 5.75 Å². The lowest BCUT2D eigenvalue weighted by atomic mass is 9.81. The molecule has 0 saturated heterocycles. The van der Waals surface area contributed by atoms with Crippen LogP contribution >= 0.6 is 11.6 Å². The van der Waals surface area contributed by atoms with Gasteiger partial charge in [0.1, 0.15) is 11.3 Å². The Morgan fingerprint density at radius 2 is 2.05 bits per heavy atom. The molecule has 0 unspecified atom stereocenters. The summed E-state index contributed by atoms with van der Waals surface area (Å²) in [4.78, 5) is 4.07. The number of fused-ring (bicyclic) bond motifs is 1. The zero-order valence-corrected chi connectivity index (χ0v) is 10.5. The van der Waals surface area contributed by atoms with E-state index in [2.05, 4.69) is 11.6 Å². The third kappa shape index (κ3) is 3.01. The Kier molecular flexibility index (Phi) is 3.71. The van der Waals surface area contributed by atoms with E-state index in [4.69, 9.17) is 16.3 Å². The van der Waals surface area contributed by atoms with Crippen LogP contribution in [-0.4, -0.2) is 18.6 Å². The Morgan fingerprint density at radius 1 is 1.32 bits per heavy atom. The summed E-state index contributed by atoms with van der Waals surface area (Å²) >= 11 is 5.97. The predicted octanol–water partition coefficient (Wildman–Crippen LogP) is 4.21. The molecule has 1 aromatic heterocycles. The van der Waals surface area contributed by atoms with Crippen LogP contribution in [0, 0.1) is 0 Å². The quantitative estimate of drug-likeness (QED) is 0.786. The Balaban J connectivity index is 2.27. The highest BCUT2D eigenvalue weighted by Gasteiger charge is 2.27. The molecule has 19 heavy (non-hydrogen) atoms. The molecule has 0 amide bonds. The average Bonchev–Trinajstić information content (AvgIpc) is 2.37. The van der Waals surface area contributed by atoms with E-state index in [-0.39, 0.29) is 5.75 Å². The lowest BCUT2D eigenvalue weighted by molar-refractivity contribution is 0.350. The first-order chi connectivity index (χ1) is 8.89. The van der Waals surface area contributed by atoms with Gasteiger partial charge in [-0.05, 0) is 24.3 Å². The highest BCUT2D eigenvalue weighted by atomic mass is 35.5. The first-order valence-corrected chi connectivity index (χ1v) is 5.81. The SMILES string of the molecule is C=C(COc1ccc(Cl)c2cccnc12)[B-](F)(F)F. The molecule has 0 fully saturated rings. The lowest BCUT2D eigenvalue weighted by Crippen LogP contribution is -2.23. The fourth-order valence-corrected chi connectivity index (χ4v) is 1.71. The van der Waals surface area contributed by atoms with Crippen molar-refractivity contribution in [2.45, 2.75) is 0 Å². The predicted molar refractivity (Wildman–Crippen MR) is 70.5 cm³/mol. The van der Waals surface area contributed by atoms with Gasteiger partial charge in [-0.3, -0.25) is 4.98 Å². The molecule has 0 atom stereocenters. The van der Waals surface area contributed by atoms with E-state index in [9.17, 15) is 12.9 Å². The fraction of sp³-hybridized carbons (Fsp3) is 0.0833. The van der Waals surface area contributed by atoms with Crippen molar-refractivity contribution in [2.75, 3.05) is 6.61 Å². The van der Waals surface area contributed by atoms with E-state index in [1.165, 1.54) is 12.3 Å². The van der Waals surface area contributed by atoms with Crippen molar-refractivity contribution in [1.29, 1.82) is 0 Å². The summed E-state index contributed by atoms with van der Waals surface area (Å²) in [6, 6.07) is 6.46. The molecule has 2 nitrogen and oxygen atoms in total. The second-order valence-electron chi connectivity index (χ2n) is 3.97. The highest BCUT2D eigenvalue weighted by molar-refractivity contribution is 6.66. The van der Waals surface area contributed by atoms with Crippen LogP contribution in [0.1, 0.15) is 0 Å². The van der Waals surface area contributed by atoms with Crippen LogP contribution < -0.4 is 4.74 Å². The summed E-state index contributed by atoms with van der Waals surface area (Å²) in [5.41, 5.74) is -0.462. The van der Waals surface area contributed by atoms with Crippen molar-refractivity contribution in [3.05, 3.63) is 47.5 Å². The molecule has 2 rings (SSSR count). The Labute approximate surface area is 112 Å².